The third-order valence-electron chi connectivity index (χ3n) is 4.74. The number of halogens is 1. The van der Waals surface area contributed by atoms with Crippen LogP contribution in [0.5, 0.6) is 0 Å². The molecule has 1 aliphatic heterocycles. The summed E-state index contributed by atoms with van der Waals surface area (Å²) in [5.41, 5.74) is 3.56. The lowest BCUT2D eigenvalue weighted by Crippen LogP contribution is -2.22. The van der Waals surface area contributed by atoms with Gasteiger partial charge in [0.05, 0.1) is 5.69 Å². The minimum atomic E-state index is 0.235. The highest BCUT2D eigenvalue weighted by atomic mass is 79.9. The zero-order valence-electron chi connectivity index (χ0n) is 12.8. The molecule has 2 heterocycles. The highest BCUT2D eigenvalue weighted by molar-refractivity contribution is 9.10. The summed E-state index contributed by atoms with van der Waals surface area (Å²) in [6, 6.07) is 16.8. The summed E-state index contributed by atoms with van der Waals surface area (Å²) in [6.07, 6.45) is 8.72. The zero-order valence-corrected chi connectivity index (χ0v) is 14.4. The van der Waals surface area contributed by atoms with Gasteiger partial charge in [-0.05, 0) is 23.8 Å². The molecule has 0 saturated heterocycles. The number of benzene rings is 2. The predicted molar refractivity (Wildman–Crippen MR) is 98.3 cm³/mol. The fraction of sp³-hybridized carbons (Fsp3) is 0.100. The van der Waals surface area contributed by atoms with Crippen molar-refractivity contribution in [3.63, 3.8) is 0 Å². The van der Waals surface area contributed by atoms with Gasteiger partial charge < -0.3 is 0 Å². The lowest BCUT2D eigenvalue weighted by atomic mass is 9.79. The first-order chi connectivity index (χ1) is 11.8. The van der Waals surface area contributed by atoms with Crippen LogP contribution in [-0.2, 0) is 0 Å². The third-order valence-corrected chi connectivity index (χ3v) is 5.23. The molecule has 1 aromatic heterocycles. The van der Waals surface area contributed by atoms with Crippen LogP contribution in [0.1, 0.15) is 23.2 Å². The first-order valence-electron chi connectivity index (χ1n) is 7.98. The number of rotatable bonds is 1. The van der Waals surface area contributed by atoms with E-state index in [1.807, 2.05) is 12.1 Å². The number of hydrogen-bond donors (Lipinski definition) is 0. The molecule has 2 aromatic carbocycles. The first kappa shape index (κ1) is 13.9. The molecule has 4 heteroatoms. The van der Waals surface area contributed by atoms with E-state index in [2.05, 4.69) is 91.4 Å². The van der Waals surface area contributed by atoms with Crippen molar-refractivity contribution in [2.75, 3.05) is 0 Å². The summed E-state index contributed by atoms with van der Waals surface area (Å²) in [4.78, 5) is 0. The second kappa shape index (κ2) is 5.28. The summed E-state index contributed by atoms with van der Waals surface area (Å²) < 4.78 is 3.25. The summed E-state index contributed by atoms with van der Waals surface area (Å²) >= 11 is 3.55. The van der Waals surface area contributed by atoms with Crippen LogP contribution < -0.4 is 0 Å². The van der Waals surface area contributed by atoms with Crippen LogP contribution in [0.15, 0.2) is 77.3 Å². The van der Waals surface area contributed by atoms with Crippen molar-refractivity contribution in [1.82, 2.24) is 14.8 Å². The van der Waals surface area contributed by atoms with Gasteiger partial charge in [-0.25, -0.2) is 0 Å². The van der Waals surface area contributed by atoms with Crippen LogP contribution in [0.4, 0.5) is 0 Å². The molecule has 2 unspecified atom stereocenters. The Balaban J connectivity index is 1.80. The Labute approximate surface area is 148 Å². The van der Waals surface area contributed by atoms with E-state index in [-0.39, 0.29) is 5.92 Å². The van der Waals surface area contributed by atoms with E-state index in [0.717, 1.165) is 21.7 Å². The van der Waals surface area contributed by atoms with Gasteiger partial charge in [-0.15, -0.1) is 10.2 Å². The van der Waals surface area contributed by atoms with Gasteiger partial charge in [0.25, 0.3) is 0 Å². The number of fused-ring (bicyclic) bond motifs is 6. The average Bonchev–Trinajstić information content (AvgIpc) is 3.07. The predicted octanol–water partition coefficient (Wildman–Crippen LogP) is 5.00. The minimum Gasteiger partial charge on any atom is -0.278 e. The van der Waals surface area contributed by atoms with Crippen molar-refractivity contribution >= 4 is 15.9 Å². The molecular weight excluding hydrogens is 362 g/mol. The summed E-state index contributed by atoms with van der Waals surface area (Å²) in [5.74, 6) is 2.46. The van der Waals surface area contributed by atoms with Crippen molar-refractivity contribution in [2.45, 2.75) is 11.8 Å². The lowest BCUT2D eigenvalue weighted by Gasteiger charge is -2.32. The number of nitrogens with zero attached hydrogens (tertiary/aromatic N) is 3. The maximum Gasteiger partial charge on any atom is 0.168 e. The molecule has 2 aliphatic rings. The third kappa shape index (κ3) is 1.96. The average molecular weight is 376 g/mol. The Morgan fingerprint density at radius 3 is 2.58 bits per heavy atom. The van der Waals surface area contributed by atoms with Gasteiger partial charge in [0.15, 0.2) is 5.82 Å². The second-order valence-electron chi connectivity index (χ2n) is 6.11. The Morgan fingerprint density at radius 1 is 0.875 bits per heavy atom. The normalized spacial score (nSPS) is 20.4. The van der Waals surface area contributed by atoms with Crippen LogP contribution in [0.25, 0.3) is 17.1 Å². The van der Waals surface area contributed by atoms with E-state index >= 15 is 0 Å². The summed E-state index contributed by atoms with van der Waals surface area (Å²) in [6.45, 7) is 0. The molecule has 0 N–H and O–H groups in total. The van der Waals surface area contributed by atoms with Gasteiger partial charge in [0, 0.05) is 21.9 Å². The molecule has 0 spiro atoms. The van der Waals surface area contributed by atoms with Crippen molar-refractivity contribution in [1.29, 1.82) is 0 Å². The molecule has 0 amide bonds. The Morgan fingerprint density at radius 2 is 1.71 bits per heavy atom. The van der Waals surface area contributed by atoms with Gasteiger partial charge in [-0.1, -0.05) is 70.6 Å². The molecule has 24 heavy (non-hydrogen) atoms. The fourth-order valence-corrected chi connectivity index (χ4v) is 4.09. The summed E-state index contributed by atoms with van der Waals surface area (Å²) in [7, 11) is 0. The molecule has 0 saturated carbocycles. The molecule has 0 bridgehead atoms. The second-order valence-corrected chi connectivity index (χ2v) is 7.02. The van der Waals surface area contributed by atoms with Crippen molar-refractivity contribution in [2.24, 2.45) is 0 Å². The largest absolute Gasteiger partial charge is 0.278 e. The van der Waals surface area contributed by atoms with Crippen LogP contribution in [0.3, 0.4) is 0 Å². The van der Waals surface area contributed by atoms with E-state index < -0.39 is 0 Å². The van der Waals surface area contributed by atoms with Crippen LogP contribution in [0.2, 0.25) is 0 Å². The molecular formula is C20H14BrN3. The molecule has 3 nitrogen and oxygen atoms in total. The van der Waals surface area contributed by atoms with Crippen LogP contribution in [-0.4, -0.2) is 14.8 Å². The van der Waals surface area contributed by atoms with E-state index in [4.69, 9.17) is 0 Å². The number of hydrogen-bond acceptors (Lipinski definition) is 2. The molecule has 116 valence electrons. The maximum atomic E-state index is 4.56. The molecule has 1 aliphatic carbocycles. The van der Waals surface area contributed by atoms with E-state index in [9.17, 15) is 0 Å². The quantitative estimate of drug-likeness (QED) is 0.598. The fourth-order valence-electron chi connectivity index (χ4n) is 3.69. The maximum absolute atomic E-state index is 4.56. The number of allylic oxidation sites excluding steroid dienone is 4. The van der Waals surface area contributed by atoms with Crippen molar-refractivity contribution < 1.29 is 0 Å². The molecule has 3 aromatic rings. The van der Waals surface area contributed by atoms with E-state index in [1.165, 1.54) is 11.3 Å². The zero-order chi connectivity index (χ0) is 16.1. The van der Waals surface area contributed by atoms with Gasteiger partial charge >= 0.3 is 0 Å². The Bertz CT molecular complexity index is 1000. The number of para-hydroxylation sites is 1. The van der Waals surface area contributed by atoms with Gasteiger partial charge in [-0.2, -0.15) is 0 Å². The summed E-state index contributed by atoms with van der Waals surface area (Å²) in [5, 5.41) is 9.09. The monoisotopic (exact) mass is 375 g/mol. The molecule has 0 radical (unpaired) electrons. The van der Waals surface area contributed by atoms with Crippen LogP contribution in [0, 0.1) is 0 Å². The van der Waals surface area contributed by atoms with Gasteiger partial charge in [0.1, 0.15) is 5.82 Å². The molecule has 5 rings (SSSR count). The topological polar surface area (TPSA) is 30.7 Å². The van der Waals surface area contributed by atoms with Gasteiger partial charge in [0.2, 0.25) is 0 Å². The highest BCUT2D eigenvalue weighted by Crippen LogP contribution is 2.45. The smallest absolute Gasteiger partial charge is 0.168 e. The van der Waals surface area contributed by atoms with E-state index in [0.29, 0.717) is 5.92 Å². The van der Waals surface area contributed by atoms with Crippen LogP contribution >= 0.6 is 15.9 Å². The first-order valence-corrected chi connectivity index (χ1v) is 8.78. The Hall–Kier alpha value is -2.46. The van der Waals surface area contributed by atoms with E-state index in [1.54, 1.807) is 0 Å². The molecule has 0 fully saturated rings. The minimum absolute atomic E-state index is 0.235. The highest BCUT2D eigenvalue weighted by Gasteiger charge is 2.35. The standard InChI is InChI=1S/C20H14BrN3/c21-14-7-5-6-13(12-14)19-22-23-20-17-10-2-1-8-15(17)16-9-3-4-11-18(16)24(19)20/h1-12,15,17H. The lowest BCUT2D eigenvalue weighted by molar-refractivity contribution is 0.633. The molecule has 2 atom stereocenters. The van der Waals surface area contributed by atoms with Gasteiger partial charge in [-0.3, -0.25) is 4.57 Å². The van der Waals surface area contributed by atoms with Crippen molar-refractivity contribution in [3.05, 3.63) is 88.7 Å². The SMILES string of the molecule is Brc1cccc(-c2nnc3n2-c2ccccc2C2C=CC=CC32)c1. The Kier molecular flexibility index (Phi) is 3.06. The number of aromatic nitrogens is 3. The van der Waals surface area contributed by atoms with Crippen molar-refractivity contribution in [3.8, 4) is 17.1 Å².